The molecule has 0 saturated heterocycles. The molecule has 6 rings (SSSR count). The normalized spacial score (nSPS) is 12.1. The van der Waals surface area contributed by atoms with E-state index in [0.717, 1.165) is 16.9 Å². The molecule has 0 bridgehead atoms. The molecule has 0 atom stereocenters. The highest BCUT2D eigenvalue weighted by molar-refractivity contribution is 6.21. The van der Waals surface area contributed by atoms with E-state index >= 15 is 0 Å². The van der Waals surface area contributed by atoms with Crippen molar-refractivity contribution in [3.8, 4) is 11.4 Å². The molecule has 0 N–H and O–H groups in total. The van der Waals surface area contributed by atoms with Crippen LogP contribution in [0.1, 0.15) is 16.7 Å². The lowest BCUT2D eigenvalue weighted by Crippen LogP contribution is -2.29. The van der Waals surface area contributed by atoms with E-state index < -0.39 is 0 Å². The van der Waals surface area contributed by atoms with E-state index in [2.05, 4.69) is 97.6 Å². The number of aryl methyl sites for hydroxylation is 4. The Morgan fingerprint density at radius 2 is 1.62 bits per heavy atom. The fourth-order valence-electron chi connectivity index (χ4n) is 4.96. The molecule has 6 aromatic rings. The lowest BCUT2D eigenvalue weighted by molar-refractivity contribution is -0.643. The fourth-order valence-corrected chi connectivity index (χ4v) is 4.96. The second-order valence-electron chi connectivity index (χ2n) is 8.17. The molecule has 0 unspecified atom stereocenters. The van der Waals surface area contributed by atoms with Crippen molar-refractivity contribution in [2.45, 2.75) is 20.8 Å². The van der Waals surface area contributed by atoms with Gasteiger partial charge in [-0.1, -0.05) is 42.5 Å². The summed E-state index contributed by atoms with van der Waals surface area (Å²) in [5.74, 6) is 1.01. The van der Waals surface area contributed by atoms with Gasteiger partial charge in [0.25, 0.3) is 0 Å². The van der Waals surface area contributed by atoms with E-state index in [1.54, 1.807) is 0 Å². The molecular weight excluding hydrogens is 354 g/mol. The van der Waals surface area contributed by atoms with Crippen molar-refractivity contribution in [3.05, 3.63) is 77.5 Å². The maximum atomic E-state index is 5.11. The topological polar surface area (TPSA) is 21.2 Å². The lowest BCUT2D eigenvalue weighted by atomic mass is 9.95. The van der Waals surface area contributed by atoms with Gasteiger partial charge in [0.1, 0.15) is 12.9 Å². The molecule has 3 aromatic carbocycles. The third-order valence-corrected chi connectivity index (χ3v) is 6.42. The van der Waals surface area contributed by atoms with Gasteiger partial charge in [-0.15, -0.1) is 0 Å². The minimum absolute atomic E-state index is 1.01. The van der Waals surface area contributed by atoms with Crippen LogP contribution in [-0.2, 0) is 7.05 Å². The quantitative estimate of drug-likeness (QED) is 0.206. The molecule has 0 aliphatic carbocycles. The van der Waals surface area contributed by atoms with Crippen LogP contribution in [0, 0.1) is 20.8 Å². The van der Waals surface area contributed by atoms with E-state index in [-0.39, 0.29) is 0 Å². The summed E-state index contributed by atoms with van der Waals surface area (Å²) >= 11 is 0. The summed E-state index contributed by atoms with van der Waals surface area (Å²) in [5, 5.41) is 3.88. The van der Waals surface area contributed by atoms with Crippen molar-refractivity contribution in [2.24, 2.45) is 7.05 Å². The predicted molar refractivity (Wildman–Crippen MR) is 120 cm³/mol. The number of aromatic nitrogens is 3. The van der Waals surface area contributed by atoms with Gasteiger partial charge in [-0.25, -0.2) is 9.55 Å². The standard InChI is InChI=1S/C26H22N3/c1-15-14-16(2)23-21(17(15)3)25-22-18(12-13-28(25)4)10-11-20-24(22)29(23)26(27-20)19-8-6-5-7-9-19/h5-14H,1-4H3/q+1. The molecule has 0 radical (unpaired) electrons. The molecule has 29 heavy (non-hydrogen) atoms. The first-order valence-corrected chi connectivity index (χ1v) is 10.1. The van der Waals surface area contributed by atoms with Gasteiger partial charge < -0.3 is 0 Å². The summed E-state index contributed by atoms with van der Waals surface area (Å²) in [5.41, 5.74) is 9.91. The predicted octanol–water partition coefficient (Wildman–Crippen LogP) is 5.65. The average molecular weight is 376 g/mol. The summed E-state index contributed by atoms with van der Waals surface area (Å²) in [6.45, 7) is 6.68. The number of fused-ring (bicyclic) bond motifs is 3. The van der Waals surface area contributed by atoms with Crippen molar-refractivity contribution in [2.75, 3.05) is 0 Å². The number of hydrogen-bond donors (Lipinski definition) is 0. The van der Waals surface area contributed by atoms with Gasteiger partial charge in [0.05, 0.1) is 27.3 Å². The van der Waals surface area contributed by atoms with Crippen LogP contribution in [-0.4, -0.2) is 9.38 Å². The molecule has 0 amide bonds. The molecule has 0 saturated carbocycles. The highest BCUT2D eigenvalue weighted by atomic mass is 15.0. The second kappa shape index (κ2) is 5.54. The molecule has 3 heterocycles. The smallest absolute Gasteiger partial charge is 0.224 e. The Labute approximate surface area is 169 Å². The Morgan fingerprint density at radius 3 is 2.41 bits per heavy atom. The van der Waals surface area contributed by atoms with Crippen LogP contribution in [0.15, 0.2) is 60.8 Å². The van der Waals surface area contributed by atoms with Gasteiger partial charge in [-0.2, -0.15) is 0 Å². The van der Waals surface area contributed by atoms with Crippen molar-refractivity contribution in [3.63, 3.8) is 0 Å². The zero-order valence-electron chi connectivity index (χ0n) is 17.1. The molecule has 140 valence electrons. The minimum Gasteiger partial charge on any atom is -0.290 e. The molecule has 0 aliphatic rings. The summed E-state index contributed by atoms with van der Waals surface area (Å²) in [6.07, 6.45) is 2.18. The first kappa shape index (κ1) is 16.5. The zero-order chi connectivity index (χ0) is 19.9. The molecule has 3 aromatic heterocycles. The monoisotopic (exact) mass is 376 g/mol. The largest absolute Gasteiger partial charge is 0.290 e. The Hall–Kier alpha value is -3.46. The van der Waals surface area contributed by atoms with Gasteiger partial charge >= 0.3 is 0 Å². The third-order valence-electron chi connectivity index (χ3n) is 6.42. The number of benzene rings is 3. The second-order valence-corrected chi connectivity index (χ2v) is 8.17. The first-order chi connectivity index (χ1) is 14.1. The summed E-state index contributed by atoms with van der Waals surface area (Å²) in [6, 6.07) is 19.4. The van der Waals surface area contributed by atoms with Gasteiger partial charge in [0, 0.05) is 11.6 Å². The van der Waals surface area contributed by atoms with Gasteiger partial charge in [0.2, 0.25) is 5.52 Å². The van der Waals surface area contributed by atoms with E-state index in [9.17, 15) is 0 Å². The third kappa shape index (κ3) is 2.02. The Morgan fingerprint density at radius 1 is 0.828 bits per heavy atom. The summed E-state index contributed by atoms with van der Waals surface area (Å²) in [7, 11) is 2.15. The van der Waals surface area contributed by atoms with Crippen LogP contribution in [0.5, 0.6) is 0 Å². The Bertz CT molecular complexity index is 1570. The molecule has 0 fully saturated rings. The number of imidazole rings is 1. The van der Waals surface area contributed by atoms with Crippen molar-refractivity contribution in [1.29, 1.82) is 0 Å². The highest BCUT2D eigenvalue weighted by Crippen LogP contribution is 2.40. The molecule has 0 aliphatic heterocycles. The number of pyridine rings is 2. The van der Waals surface area contributed by atoms with Gasteiger partial charge in [0.15, 0.2) is 6.20 Å². The molecule has 3 heteroatoms. The van der Waals surface area contributed by atoms with Crippen molar-refractivity contribution < 1.29 is 4.57 Å². The molecular formula is C26H22N3+. The number of nitrogens with zero attached hydrogens (tertiary/aromatic N) is 3. The van der Waals surface area contributed by atoms with Crippen LogP contribution in [0.2, 0.25) is 0 Å². The first-order valence-electron chi connectivity index (χ1n) is 10.1. The van der Waals surface area contributed by atoms with Gasteiger partial charge in [-0.3, -0.25) is 4.40 Å². The van der Waals surface area contributed by atoms with Crippen molar-refractivity contribution >= 4 is 38.2 Å². The molecule has 3 nitrogen and oxygen atoms in total. The van der Waals surface area contributed by atoms with Crippen molar-refractivity contribution in [1.82, 2.24) is 9.38 Å². The van der Waals surface area contributed by atoms with Crippen LogP contribution in [0.4, 0.5) is 0 Å². The van der Waals surface area contributed by atoms with Crippen LogP contribution >= 0.6 is 0 Å². The van der Waals surface area contributed by atoms with Crippen LogP contribution < -0.4 is 4.57 Å². The SMILES string of the molecule is Cc1cc(C)c2c(c1C)c1c3c(ccc4nc(-c5ccccc5)n2c43)cc[n+]1C. The van der Waals surface area contributed by atoms with E-state index in [0.29, 0.717) is 0 Å². The lowest BCUT2D eigenvalue weighted by Gasteiger charge is -2.16. The molecule has 0 spiro atoms. The van der Waals surface area contributed by atoms with Crippen LogP contribution in [0.3, 0.4) is 0 Å². The van der Waals surface area contributed by atoms with E-state index in [4.69, 9.17) is 4.98 Å². The fraction of sp³-hybridized carbons (Fsp3) is 0.154. The average Bonchev–Trinajstić information content (AvgIpc) is 3.12. The van der Waals surface area contributed by atoms with Gasteiger partial charge in [-0.05, 0) is 48.9 Å². The Balaban J connectivity index is 2.04. The zero-order valence-corrected chi connectivity index (χ0v) is 17.1. The number of rotatable bonds is 1. The number of hydrogen-bond acceptors (Lipinski definition) is 1. The maximum Gasteiger partial charge on any atom is 0.224 e. The summed E-state index contributed by atoms with van der Waals surface area (Å²) in [4.78, 5) is 5.11. The Kier molecular flexibility index (Phi) is 3.15. The highest BCUT2D eigenvalue weighted by Gasteiger charge is 2.25. The van der Waals surface area contributed by atoms with E-state index in [1.165, 1.54) is 49.4 Å². The minimum atomic E-state index is 1.01. The maximum absolute atomic E-state index is 5.11. The summed E-state index contributed by atoms with van der Waals surface area (Å²) < 4.78 is 4.67. The van der Waals surface area contributed by atoms with E-state index in [1.807, 2.05) is 0 Å². The van der Waals surface area contributed by atoms with Crippen LogP contribution in [0.25, 0.3) is 49.6 Å².